The number of hydrogen-bond donors (Lipinski definition) is 2. The van der Waals surface area contributed by atoms with E-state index >= 15 is 0 Å². The molecule has 0 aliphatic carbocycles. The van der Waals surface area contributed by atoms with E-state index in [0.29, 0.717) is 0 Å². The van der Waals surface area contributed by atoms with Crippen molar-refractivity contribution in [3.05, 3.63) is 24.3 Å². The third kappa shape index (κ3) is 3.47. The van der Waals surface area contributed by atoms with Crippen LogP contribution in [-0.4, -0.2) is 32.6 Å². The first-order valence-corrected chi connectivity index (χ1v) is 6.89. The van der Waals surface area contributed by atoms with Crippen LogP contribution in [0.15, 0.2) is 24.3 Å². The molecular formula is C15H23N3O. The van der Waals surface area contributed by atoms with Gasteiger partial charge in [0.05, 0.1) is 5.92 Å². The predicted molar refractivity (Wildman–Crippen MR) is 79.6 cm³/mol. The van der Waals surface area contributed by atoms with Gasteiger partial charge in [0, 0.05) is 31.5 Å². The van der Waals surface area contributed by atoms with Gasteiger partial charge in [0.2, 0.25) is 5.91 Å². The SMILES string of the molecule is CC1NCCCC1C(=O)Nc1cccc(N(C)C)c1. The highest BCUT2D eigenvalue weighted by atomic mass is 16.1. The van der Waals surface area contributed by atoms with E-state index in [2.05, 4.69) is 17.6 Å². The lowest BCUT2D eigenvalue weighted by Gasteiger charge is -2.29. The molecule has 2 rings (SSSR count). The molecule has 1 heterocycles. The van der Waals surface area contributed by atoms with Crippen molar-refractivity contribution in [2.24, 2.45) is 5.92 Å². The average molecular weight is 261 g/mol. The van der Waals surface area contributed by atoms with Gasteiger partial charge in [-0.3, -0.25) is 4.79 Å². The normalized spacial score (nSPS) is 22.9. The Bertz CT molecular complexity index is 445. The summed E-state index contributed by atoms with van der Waals surface area (Å²) in [6.45, 7) is 3.10. The van der Waals surface area contributed by atoms with E-state index in [1.165, 1.54) is 0 Å². The minimum absolute atomic E-state index is 0.0664. The van der Waals surface area contributed by atoms with E-state index in [0.717, 1.165) is 30.8 Å². The van der Waals surface area contributed by atoms with Crippen molar-refractivity contribution in [2.75, 3.05) is 30.9 Å². The van der Waals surface area contributed by atoms with Crippen molar-refractivity contribution < 1.29 is 4.79 Å². The number of carbonyl (C=O) groups excluding carboxylic acids is 1. The minimum atomic E-state index is 0.0664. The number of carbonyl (C=O) groups is 1. The second kappa shape index (κ2) is 6.06. The van der Waals surface area contributed by atoms with Crippen LogP contribution in [0.1, 0.15) is 19.8 Å². The first-order chi connectivity index (χ1) is 9.08. The lowest BCUT2D eigenvalue weighted by molar-refractivity contribution is -0.121. The molecule has 1 aromatic rings. The second-order valence-electron chi connectivity index (χ2n) is 5.43. The van der Waals surface area contributed by atoms with E-state index in [9.17, 15) is 4.79 Å². The Morgan fingerprint density at radius 2 is 2.21 bits per heavy atom. The summed E-state index contributed by atoms with van der Waals surface area (Å²) in [5.74, 6) is 0.187. The molecule has 2 N–H and O–H groups in total. The minimum Gasteiger partial charge on any atom is -0.378 e. The van der Waals surface area contributed by atoms with Gasteiger partial charge in [-0.05, 0) is 44.5 Å². The molecule has 0 spiro atoms. The molecule has 1 aromatic carbocycles. The van der Waals surface area contributed by atoms with Gasteiger partial charge >= 0.3 is 0 Å². The molecular weight excluding hydrogens is 238 g/mol. The molecule has 1 saturated heterocycles. The number of piperidine rings is 1. The first kappa shape index (κ1) is 13.9. The highest BCUT2D eigenvalue weighted by Crippen LogP contribution is 2.21. The molecule has 19 heavy (non-hydrogen) atoms. The molecule has 1 fully saturated rings. The number of amides is 1. The Morgan fingerprint density at radius 1 is 1.42 bits per heavy atom. The summed E-state index contributed by atoms with van der Waals surface area (Å²) in [7, 11) is 3.99. The summed E-state index contributed by atoms with van der Waals surface area (Å²) in [5.41, 5.74) is 1.96. The van der Waals surface area contributed by atoms with Crippen molar-refractivity contribution in [1.82, 2.24) is 5.32 Å². The fraction of sp³-hybridized carbons (Fsp3) is 0.533. The highest BCUT2D eigenvalue weighted by Gasteiger charge is 2.27. The Labute approximate surface area is 115 Å². The lowest BCUT2D eigenvalue weighted by Crippen LogP contribution is -2.44. The number of anilines is 2. The Morgan fingerprint density at radius 3 is 2.89 bits per heavy atom. The quantitative estimate of drug-likeness (QED) is 0.875. The Hall–Kier alpha value is -1.55. The Balaban J connectivity index is 2.03. The van der Waals surface area contributed by atoms with Gasteiger partial charge in [-0.1, -0.05) is 6.07 Å². The molecule has 0 aromatic heterocycles. The zero-order valence-corrected chi connectivity index (χ0v) is 11.9. The van der Waals surface area contributed by atoms with Crippen LogP contribution >= 0.6 is 0 Å². The molecule has 0 radical (unpaired) electrons. The van der Waals surface area contributed by atoms with Crippen LogP contribution in [0.4, 0.5) is 11.4 Å². The van der Waals surface area contributed by atoms with Crippen molar-refractivity contribution in [3.8, 4) is 0 Å². The maximum Gasteiger partial charge on any atom is 0.229 e. The van der Waals surface area contributed by atoms with Crippen LogP contribution in [0.5, 0.6) is 0 Å². The number of nitrogens with zero attached hydrogens (tertiary/aromatic N) is 1. The van der Waals surface area contributed by atoms with Gasteiger partial charge in [0.25, 0.3) is 0 Å². The zero-order chi connectivity index (χ0) is 13.8. The van der Waals surface area contributed by atoms with Crippen LogP contribution < -0.4 is 15.5 Å². The molecule has 1 aliphatic heterocycles. The van der Waals surface area contributed by atoms with Crippen molar-refractivity contribution in [2.45, 2.75) is 25.8 Å². The van der Waals surface area contributed by atoms with Gasteiger partial charge in [0.15, 0.2) is 0 Å². The summed E-state index contributed by atoms with van der Waals surface area (Å²) in [5, 5.41) is 6.39. The van der Waals surface area contributed by atoms with E-state index < -0.39 is 0 Å². The molecule has 1 amide bonds. The number of nitrogens with one attached hydrogen (secondary N) is 2. The smallest absolute Gasteiger partial charge is 0.229 e. The van der Waals surface area contributed by atoms with Crippen LogP contribution in [0.2, 0.25) is 0 Å². The summed E-state index contributed by atoms with van der Waals surface area (Å²) >= 11 is 0. The molecule has 4 nitrogen and oxygen atoms in total. The van der Waals surface area contributed by atoms with Gasteiger partial charge < -0.3 is 15.5 Å². The molecule has 2 unspecified atom stereocenters. The molecule has 1 aliphatic rings. The van der Waals surface area contributed by atoms with E-state index in [1.807, 2.05) is 43.3 Å². The monoisotopic (exact) mass is 261 g/mol. The van der Waals surface area contributed by atoms with Crippen LogP contribution in [-0.2, 0) is 4.79 Å². The van der Waals surface area contributed by atoms with Crippen LogP contribution in [0.25, 0.3) is 0 Å². The third-order valence-corrected chi connectivity index (χ3v) is 3.73. The van der Waals surface area contributed by atoms with Gasteiger partial charge in [-0.25, -0.2) is 0 Å². The van der Waals surface area contributed by atoms with Gasteiger partial charge in [-0.2, -0.15) is 0 Å². The van der Waals surface area contributed by atoms with Crippen molar-refractivity contribution >= 4 is 17.3 Å². The molecule has 4 heteroatoms. The number of benzene rings is 1. The summed E-state index contributed by atoms with van der Waals surface area (Å²) < 4.78 is 0. The van der Waals surface area contributed by atoms with E-state index in [1.54, 1.807) is 0 Å². The van der Waals surface area contributed by atoms with Gasteiger partial charge in [-0.15, -0.1) is 0 Å². The average Bonchev–Trinajstić information content (AvgIpc) is 2.39. The fourth-order valence-electron chi connectivity index (χ4n) is 2.50. The number of hydrogen-bond acceptors (Lipinski definition) is 3. The lowest BCUT2D eigenvalue weighted by atomic mass is 9.91. The topological polar surface area (TPSA) is 44.4 Å². The van der Waals surface area contributed by atoms with Gasteiger partial charge in [0.1, 0.15) is 0 Å². The predicted octanol–water partition coefficient (Wildman–Crippen LogP) is 2.08. The molecule has 2 atom stereocenters. The van der Waals surface area contributed by atoms with E-state index in [4.69, 9.17) is 0 Å². The maximum absolute atomic E-state index is 12.3. The largest absolute Gasteiger partial charge is 0.378 e. The summed E-state index contributed by atoms with van der Waals surface area (Å²) in [4.78, 5) is 14.3. The third-order valence-electron chi connectivity index (χ3n) is 3.73. The molecule has 0 bridgehead atoms. The standard InChI is InChI=1S/C15H23N3O/c1-11-14(8-5-9-16-11)15(19)17-12-6-4-7-13(10-12)18(2)3/h4,6-7,10-11,14,16H,5,8-9H2,1-3H3,(H,17,19). The van der Waals surface area contributed by atoms with Crippen molar-refractivity contribution in [1.29, 1.82) is 0 Å². The van der Waals surface area contributed by atoms with E-state index in [-0.39, 0.29) is 17.9 Å². The summed E-state index contributed by atoms with van der Waals surface area (Å²) in [6.07, 6.45) is 2.04. The van der Waals surface area contributed by atoms with Crippen molar-refractivity contribution in [3.63, 3.8) is 0 Å². The van der Waals surface area contributed by atoms with Crippen LogP contribution in [0, 0.1) is 5.92 Å². The first-order valence-electron chi connectivity index (χ1n) is 6.89. The highest BCUT2D eigenvalue weighted by molar-refractivity contribution is 5.93. The zero-order valence-electron chi connectivity index (χ0n) is 11.9. The maximum atomic E-state index is 12.3. The summed E-state index contributed by atoms with van der Waals surface area (Å²) in [6, 6.07) is 8.18. The molecule has 0 saturated carbocycles. The fourth-order valence-corrected chi connectivity index (χ4v) is 2.50. The Kier molecular flexibility index (Phi) is 4.43. The number of rotatable bonds is 3. The molecule has 104 valence electrons. The second-order valence-corrected chi connectivity index (χ2v) is 5.43. The van der Waals surface area contributed by atoms with Crippen LogP contribution in [0.3, 0.4) is 0 Å².